The number of rotatable bonds is 2. The van der Waals surface area contributed by atoms with Gasteiger partial charge in [0, 0.05) is 12.1 Å². The summed E-state index contributed by atoms with van der Waals surface area (Å²) in [5.74, 6) is 0.389. The van der Waals surface area contributed by atoms with Crippen LogP contribution in [-0.4, -0.2) is 9.97 Å². The van der Waals surface area contributed by atoms with Crippen molar-refractivity contribution in [1.82, 2.24) is 9.97 Å². The van der Waals surface area contributed by atoms with Gasteiger partial charge in [0.05, 0.1) is 0 Å². The Morgan fingerprint density at radius 3 is 2.27 bits per heavy atom. The van der Waals surface area contributed by atoms with Crippen LogP contribution in [0.4, 0.5) is 13.2 Å². The van der Waals surface area contributed by atoms with E-state index < -0.39 is 11.9 Å². The number of hydrogen-bond donors (Lipinski definition) is 0. The highest BCUT2D eigenvalue weighted by molar-refractivity contribution is 5.08. The van der Waals surface area contributed by atoms with Gasteiger partial charge in [0.25, 0.3) is 0 Å². The van der Waals surface area contributed by atoms with Crippen LogP contribution in [0.5, 0.6) is 0 Å². The molecular weight excluding hydrogens is 205 g/mol. The molecular formula is C10H13F3N2. The van der Waals surface area contributed by atoms with Crippen LogP contribution in [0, 0.1) is 5.92 Å². The Hall–Kier alpha value is -1.13. The molecule has 0 aliphatic rings. The molecule has 0 saturated carbocycles. The van der Waals surface area contributed by atoms with Gasteiger partial charge in [0.1, 0.15) is 11.5 Å². The van der Waals surface area contributed by atoms with Crippen molar-refractivity contribution in [3.05, 3.63) is 23.8 Å². The molecule has 5 heteroatoms. The second-order valence-corrected chi connectivity index (χ2v) is 3.83. The van der Waals surface area contributed by atoms with Crippen LogP contribution in [0.1, 0.15) is 38.2 Å². The predicted octanol–water partition coefficient (Wildman–Crippen LogP) is 3.25. The van der Waals surface area contributed by atoms with E-state index in [4.69, 9.17) is 0 Å². The molecule has 1 atom stereocenters. The molecule has 1 aromatic rings. The van der Waals surface area contributed by atoms with Gasteiger partial charge in [-0.25, -0.2) is 9.97 Å². The van der Waals surface area contributed by atoms with E-state index in [-0.39, 0.29) is 17.7 Å². The molecule has 0 radical (unpaired) electrons. The third-order valence-electron chi connectivity index (χ3n) is 2.37. The SMILES string of the molecule is CC(C)C(C)c1nccc(C(F)(F)F)n1. The fourth-order valence-electron chi connectivity index (χ4n) is 1.05. The Morgan fingerprint density at radius 1 is 1.20 bits per heavy atom. The predicted molar refractivity (Wildman–Crippen MR) is 50.3 cm³/mol. The summed E-state index contributed by atoms with van der Waals surface area (Å²) < 4.78 is 37.0. The molecule has 0 aliphatic heterocycles. The maximum atomic E-state index is 12.3. The maximum absolute atomic E-state index is 12.3. The molecule has 15 heavy (non-hydrogen) atoms. The van der Waals surface area contributed by atoms with Crippen LogP contribution in [-0.2, 0) is 6.18 Å². The second kappa shape index (κ2) is 4.16. The summed E-state index contributed by atoms with van der Waals surface area (Å²) in [4.78, 5) is 7.39. The number of halogens is 3. The van der Waals surface area contributed by atoms with Crippen molar-refractivity contribution in [3.63, 3.8) is 0 Å². The first-order valence-electron chi connectivity index (χ1n) is 4.72. The van der Waals surface area contributed by atoms with Gasteiger partial charge in [0.15, 0.2) is 0 Å². The van der Waals surface area contributed by atoms with E-state index >= 15 is 0 Å². The van der Waals surface area contributed by atoms with Gasteiger partial charge >= 0.3 is 6.18 Å². The minimum atomic E-state index is -4.39. The lowest BCUT2D eigenvalue weighted by molar-refractivity contribution is -0.141. The van der Waals surface area contributed by atoms with Crippen LogP contribution in [0.25, 0.3) is 0 Å². The van der Waals surface area contributed by atoms with Crippen molar-refractivity contribution in [1.29, 1.82) is 0 Å². The van der Waals surface area contributed by atoms with Crippen molar-refractivity contribution in [2.75, 3.05) is 0 Å². The largest absolute Gasteiger partial charge is 0.433 e. The van der Waals surface area contributed by atoms with E-state index in [1.54, 1.807) is 0 Å². The number of hydrogen-bond acceptors (Lipinski definition) is 2. The average molecular weight is 218 g/mol. The molecule has 1 unspecified atom stereocenters. The fraction of sp³-hybridized carbons (Fsp3) is 0.600. The topological polar surface area (TPSA) is 25.8 Å². The van der Waals surface area contributed by atoms with Crippen molar-refractivity contribution in [3.8, 4) is 0 Å². The molecule has 0 N–H and O–H groups in total. The summed E-state index contributed by atoms with van der Waals surface area (Å²) >= 11 is 0. The maximum Gasteiger partial charge on any atom is 0.433 e. The molecule has 0 fully saturated rings. The van der Waals surface area contributed by atoms with E-state index in [0.29, 0.717) is 0 Å². The molecule has 84 valence electrons. The summed E-state index contributed by atoms with van der Waals surface area (Å²) in [6.07, 6.45) is -3.24. The summed E-state index contributed by atoms with van der Waals surface area (Å²) in [6.45, 7) is 5.67. The summed E-state index contributed by atoms with van der Waals surface area (Å²) in [6, 6.07) is 0.885. The normalized spacial score (nSPS) is 14.3. The van der Waals surface area contributed by atoms with Crippen LogP contribution < -0.4 is 0 Å². The Morgan fingerprint density at radius 2 is 1.80 bits per heavy atom. The van der Waals surface area contributed by atoms with Crippen molar-refractivity contribution in [2.24, 2.45) is 5.92 Å². The van der Waals surface area contributed by atoms with E-state index in [0.717, 1.165) is 12.3 Å². The quantitative estimate of drug-likeness (QED) is 0.761. The monoisotopic (exact) mass is 218 g/mol. The highest BCUT2D eigenvalue weighted by Crippen LogP contribution is 2.28. The molecule has 2 nitrogen and oxygen atoms in total. The highest BCUT2D eigenvalue weighted by atomic mass is 19.4. The van der Waals surface area contributed by atoms with E-state index in [9.17, 15) is 13.2 Å². The fourth-order valence-corrected chi connectivity index (χ4v) is 1.05. The van der Waals surface area contributed by atoms with E-state index in [1.807, 2.05) is 20.8 Å². The summed E-state index contributed by atoms with van der Waals surface area (Å²) in [5, 5.41) is 0. The van der Waals surface area contributed by atoms with E-state index in [1.165, 1.54) is 0 Å². The molecule has 0 aliphatic carbocycles. The van der Waals surface area contributed by atoms with Gasteiger partial charge in [0.2, 0.25) is 0 Å². The lowest BCUT2D eigenvalue weighted by Gasteiger charge is -2.15. The van der Waals surface area contributed by atoms with Gasteiger partial charge in [-0.2, -0.15) is 13.2 Å². The van der Waals surface area contributed by atoms with Gasteiger partial charge < -0.3 is 0 Å². The Balaban J connectivity index is 3.03. The lowest BCUT2D eigenvalue weighted by Crippen LogP contribution is -2.13. The van der Waals surface area contributed by atoms with Crippen LogP contribution in [0.15, 0.2) is 12.3 Å². The van der Waals surface area contributed by atoms with Crippen molar-refractivity contribution >= 4 is 0 Å². The smallest absolute Gasteiger partial charge is 0.241 e. The van der Waals surface area contributed by atoms with E-state index in [2.05, 4.69) is 9.97 Å². The zero-order valence-corrected chi connectivity index (χ0v) is 8.84. The first-order chi connectivity index (χ1) is 6.82. The first kappa shape index (κ1) is 11.9. The van der Waals surface area contributed by atoms with Crippen LogP contribution >= 0.6 is 0 Å². The standard InChI is InChI=1S/C10H13F3N2/c1-6(2)7(3)9-14-5-4-8(15-9)10(11,12)13/h4-7H,1-3H3. The third kappa shape index (κ3) is 2.91. The molecule has 1 rings (SSSR count). The lowest BCUT2D eigenvalue weighted by atomic mass is 9.97. The molecule has 0 bridgehead atoms. The van der Waals surface area contributed by atoms with Crippen molar-refractivity contribution < 1.29 is 13.2 Å². The molecule has 0 aromatic carbocycles. The Labute approximate surface area is 86.6 Å². The minimum Gasteiger partial charge on any atom is -0.241 e. The molecule has 1 heterocycles. The first-order valence-corrected chi connectivity index (χ1v) is 4.72. The van der Waals surface area contributed by atoms with Gasteiger partial charge in [-0.15, -0.1) is 0 Å². The average Bonchev–Trinajstić information content (AvgIpc) is 2.15. The molecule has 1 aromatic heterocycles. The third-order valence-corrected chi connectivity index (χ3v) is 2.37. The molecule has 0 amide bonds. The van der Waals surface area contributed by atoms with Gasteiger partial charge in [-0.3, -0.25) is 0 Å². The second-order valence-electron chi connectivity index (χ2n) is 3.83. The number of nitrogens with zero attached hydrogens (tertiary/aromatic N) is 2. The minimum absolute atomic E-state index is 0.0766. The summed E-state index contributed by atoms with van der Waals surface area (Å²) in [7, 11) is 0. The van der Waals surface area contributed by atoms with Crippen LogP contribution in [0.3, 0.4) is 0 Å². The van der Waals surface area contributed by atoms with Crippen molar-refractivity contribution in [2.45, 2.75) is 32.9 Å². The Bertz CT molecular complexity index is 334. The molecule has 0 spiro atoms. The van der Waals surface area contributed by atoms with Gasteiger partial charge in [-0.1, -0.05) is 20.8 Å². The van der Waals surface area contributed by atoms with Gasteiger partial charge in [-0.05, 0) is 12.0 Å². The number of alkyl halides is 3. The Kier molecular flexibility index (Phi) is 3.31. The zero-order chi connectivity index (χ0) is 11.6. The highest BCUT2D eigenvalue weighted by Gasteiger charge is 2.33. The molecule has 0 saturated heterocycles. The number of aromatic nitrogens is 2. The summed E-state index contributed by atoms with van der Waals surface area (Å²) in [5.41, 5.74) is -0.875. The van der Waals surface area contributed by atoms with Crippen LogP contribution in [0.2, 0.25) is 0 Å². The zero-order valence-electron chi connectivity index (χ0n) is 8.84.